The molecule has 7 heteroatoms. The molecule has 0 aliphatic carbocycles. The predicted molar refractivity (Wildman–Crippen MR) is 104 cm³/mol. The van der Waals surface area contributed by atoms with Crippen LogP contribution in [0.15, 0.2) is 48.5 Å². The second kappa shape index (κ2) is 10.7. The molecule has 0 fully saturated rings. The van der Waals surface area contributed by atoms with E-state index in [9.17, 15) is 9.59 Å². The van der Waals surface area contributed by atoms with Crippen molar-refractivity contribution in [3.05, 3.63) is 54.1 Å². The Morgan fingerprint density at radius 2 is 1.41 bits per heavy atom. The van der Waals surface area contributed by atoms with Gasteiger partial charge in [0, 0.05) is 25.2 Å². The third-order valence-electron chi connectivity index (χ3n) is 3.88. The fourth-order valence-electron chi connectivity index (χ4n) is 2.37. The molecule has 27 heavy (non-hydrogen) atoms. The maximum atomic E-state index is 11.8. The summed E-state index contributed by atoms with van der Waals surface area (Å²) in [4.78, 5) is 23.6. The SMILES string of the molecule is COc1ccc(CCNC(=O)CCNC(=O)Nc2ccc(OC)cc2)cc1. The molecule has 144 valence electrons. The first-order valence-electron chi connectivity index (χ1n) is 8.69. The number of hydrogen-bond acceptors (Lipinski definition) is 4. The highest BCUT2D eigenvalue weighted by Crippen LogP contribution is 2.14. The van der Waals surface area contributed by atoms with Gasteiger partial charge in [-0.2, -0.15) is 0 Å². The quantitative estimate of drug-likeness (QED) is 0.632. The average Bonchev–Trinajstić information content (AvgIpc) is 2.69. The highest BCUT2D eigenvalue weighted by Gasteiger charge is 2.05. The van der Waals surface area contributed by atoms with Crippen molar-refractivity contribution >= 4 is 17.6 Å². The summed E-state index contributed by atoms with van der Waals surface area (Å²) >= 11 is 0. The summed E-state index contributed by atoms with van der Waals surface area (Å²) in [6.07, 6.45) is 0.958. The number of rotatable bonds is 9. The van der Waals surface area contributed by atoms with Crippen molar-refractivity contribution < 1.29 is 19.1 Å². The Morgan fingerprint density at radius 3 is 2.00 bits per heavy atom. The lowest BCUT2D eigenvalue weighted by molar-refractivity contribution is -0.120. The van der Waals surface area contributed by atoms with E-state index in [1.54, 1.807) is 38.5 Å². The van der Waals surface area contributed by atoms with Gasteiger partial charge in [-0.1, -0.05) is 12.1 Å². The van der Waals surface area contributed by atoms with Gasteiger partial charge in [0.15, 0.2) is 0 Å². The Kier molecular flexibility index (Phi) is 7.96. The van der Waals surface area contributed by atoms with E-state index in [2.05, 4.69) is 16.0 Å². The normalized spacial score (nSPS) is 10.0. The molecule has 3 amide bonds. The highest BCUT2D eigenvalue weighted by atomic mass is 16.5. The van der Waals surface area contributed by atoms with Crippen LogP contribution in [-0.4, -0.2) is 39.2 Å². The van der Waals surface area contributed by atoms with Crippen LogP contribution in [-0.2, 0) is 11.2 Å². The molecule has 0 aromatic heterocycles. The Labute approximate surface area is 159 Å². The summed E-state index contributed by atoms with van der Waals surface area (Å²) in [5.41, 5.74) is 1.77. The number of hydrogen-bond donors (Lipinski definition) is 3. The molecule has 2 aromatic carbocycles. The molecule has 0 radical (unpaired) electrons. The fourth-order valence-corrected chi connectivity index (χ4v) is 2.37. The lowest BCUT2D eigenvalue weighted by Crippen LogP contribution is -2.33. The van der Waals surface area contributed by atoms with Gasteiger partial charge in [-0.15, -0.1) is 0 Å². The number of benzene rings is 2. The monoisotopic (exact) mass is 371 g/mol. The Morgan fingerprint density at radius 1 is 0.815 bits per heavy atom. The summed E-state index contributed by atoms with van der Waals surface area (Å²) in [5, 5.41) is 8.19. The Hall–Kier alpha value is -3.22. The number of urea groups is 1. The van der Waals surface area contributed by atoms with Crippen LogP contribution in [0, 0.1) is 0 Å². The third kappa shape index (κ3) is 7.27. The van der Waals surface area contributed by atoms with E-state index in [-0.39, 0.29) is 24.9 Å². The number of nitrogens with one attached hydrogen (secondary N) is 3. The maximum absolute atomic E-state index is 11.8. The number of amides is 3. The summed E-state index contributed by atoms with van der Waals surface area (Å²) in [7, 11) is 3.21. The van der Waals surface area contributed by atoms with Crippen molar-refractivity contribution in [1.82, 2.24) is 10.6 Å². The van der Waals surface area contributed by atoms with Crippen LogP contribution in [0.1, 0.15) is 12.0 Å². The molecule has 0 unspecified atom stereocenters. The van der Waals surface area contributed by atoms with E-state index in [4.69, 9.17) is 9.47 Å². The largest absolute Gasteiger partial charge is 0.497 e. The molecule has 0 saturated heterocycles. The van der Waals surface area contributed by atoms with Gasteiger partial charge in [0.05, 0.1) is 14.2 Å². The average molecular weight is 371 g/mol. The van der Waals surface area contributed by atoms with Crippen LogP contribution < -0.4 is 25.4 Å². The van der Waals surface area contributed by atoms with Gasteiger partial charge < -0.3 is 25.4 Å². The second-order valence-electron chi connectivity index (χ2n) is 5.81. The standard InChI is InChI=1S/C20H25N3O4/c1-26-17-7-3-15(4-8-17)11-13-21-19(24)12-14-22-20(25)23-16-5-9-18(27-2)10-6-16/h3-10H,11-14H2,1-2H3,(H,21,24)(H2,22,23,25). The van der Waals surface area contributed by atoms with Crippen LogP contribution in [0.4, 0.5) is 10.5 Å². The summed E-state index contributed by atoms with van der Waals surface area (Å²) in [5.74, 6) is 1.42. The number of ether oxygens (including phenoxy) is 2. The zero-order valence-corrected chi connectivity index (χ0v) is 15.6. The molecule has 2 aromatic rings. The summed E-state index contributed by atoms with van der Waals surface area (Å²) in [6.45, 7) is 0.805. The number of methoxy groups -OCH3 is 2. The van der Waals surface area contributed by atoms with E-state index in [1.165, 1.54) is 0 Å². The van der Waals surface area contributed by atoms with Crippen LogP contribution in [0.25, 0.3) is 0 Å². The molecule has 0 spiro atoms. The number of carbonyl (C=O) groups excluding carboxylic acids is 2. The van der Waals surface area contributed by atoms with Crippen molar-refractivity contribution in [1.29, 1.82) is 0 Å². The molecular weight excluding hydrogens is 346 g/mol. The van der Waals surface area contributed by atoms with Gasteiger partial charge in [0.2, 0.25) is 5.91 Å². The second-order valence-corrected chi connectivity index (χ2v) is 5.81. The molecule has 2 rings (SSSR count). The van der Waals surface area contributed by atoms with Crippen LogP contribution in [0.3, 0.4) is 0 Å². The van der Waals surface area contributed by atoms with Crippen LogP contribution in [0.5, 0.6) is 11.5 Å². The minimum atomic E-state index is -0.355. The first-order valence-corrected chi connectivity index (χ1v) is 8.69. The van der Waals surface area contributed by atoms with E-state index in [1.807, 2.05) is 24.3 Å². The van der Waals surface area contributed by atoms with Crippen molar-refractivity contribution in [2.45, 2.75) is 12.8 Å². The number of anilines is 1. The minimum absolute atomic E-state index is 0.103. The minimum Gasteiger partial charge on any atom is -0.497 e. The summed E-state index contributed by atoms with van der Waals surface area (Å²) < 4.78 is 10.2. The topological polar surface area (TPSA) is 88.7 Å². The van der Waals surface area contributed by atoms with Crippen molar-refractivity contribution in [3.63, 3.8) is 0 Å². The summed E-state index contributed by atoms with van der Waals surface area (Å²) in [6, 6.07) is 14.4. The van der Waals surface area contributed by atoms with Crippen molar-refractivity contribution in [3.8, 4) is 11.5 Å². The van der Waals surface area contributed by atoms with Crippen LogP contribution >= 0.6 is 0 Å². The molecule has 7 nitrogen and oxygen atoms in total. The lowest BCUT2D eigenvalue weighted by atomic mass is 10.1. The van der Waals surface area contributed by atoms with Gasteiger partial charge in [0.1, 0.15) is 11.5 Å². The first kappa shape index (κ1) is 20.1. The Balaban J connectivity index is 1.59. The lowest BCUT2D eigenvalue weighted by Gasteiger charge is -2.09. The molecule has 0 bridgehead atoms. The zero-order chi connectivity index (χ0) is 19.5. The molecule has 0 atom stereocenters. The van der Waals surface area contributed by atoms with Gasteiger partial charge in [-0.3, -0.25) is 4.79 Å². The highest BCUT2D eigenvalue weighted by molar-refractivity contribution is 5.89. The molecule has 0 heterocycles. The van der Waals surface area contributed by atoms with E-state index in [0.29, 0.717) is 18.0 Å². The number of carbonyl (C=O) groups is 2. The van der Waals surface area contributed by atoms with Gasteiger partial charge in [0.25, 0.3) is 0 Å². The third-order valence-corrected chi connectivity index (χ3v) is 3.88. The van der Waals surface area contributed by atoms with E-state index >= 15 is 0 Å². The first-order chi connectivity index (χ1) is 13.1. The molecule has 0 aliphatic heterocycles. The molecule has 0 aliphatic rings. The fraction of sp³-hybridized carbons (Fsp3) is 0.300. The van der Waals surface area contributed by atoms with E-state index < -0.39 is 0 Å². The molecular formula is C20H25N3O4. The van der Waals surface area contributed by atoms with Crippen LogP contribution in [0.2, 0.25) is 0 Å². The van der Waals surface area contributed by atoms with Crippen molar-refractivity contribution in [2.75, 3.05) is 32.6 Å². The predicted octanol–water partition coefficient (Wildman–Crippen LogP) is 2.57. The van der Waals surface area contributed by atoms with Gasteiger partial charge in [-0.05, 0) is 48.4 Å². The Bertz CT molecular complexity index is 730. The molecule has 0 saturated carbocycles. The van der Waals surface area contributed by atoms with E-state index in [0.717, 1.165) is 17.7 Å². The van der Waals surface area contributed by atoms with Gasteiger partial charge >= 0.3 is 6.03 Å². The van der Waals surface area contributed by atoms with Crippen molar-refractivity contribution in [2.24, 2.45) is 0 Å². The van der Waals surface area contributed by atoms with Gasteiger partial charge in [-0.25, -0.2) is 4.79 Å². The zero-order valence-electron chi connectivity index (χ0n) is 15.6. The maximum Gasteiger partial charge on any atom is 0.319 e. The molecule has 3 N–H and O–H groups in total. The smallest absolute Gasteiger partial charge is 0.319 e.